The van der Waals surface area contributed by atoms with Crippen LogP contribution in [0.4, 0.5) is 0 Å². The summed E-state index contributed by atoms with van der Waals surface area (Å²) in [5.41, 5.74) is 2.27. The molecule has 0 aliphatic heterocycles. The van der Waals surface area contributed by atoms with E-state index in [0.717, 1.165) is 18.4 Å². The third-order valence-electron chi connectivity index (χ3n) is 3.81. The Bertz CT molecular complexity index is 447. The zero-order valence-corrected chi connectivity index (χ0v) is 14.3. The van der Waals surface area contributed by atoms with Crippen molar-refractivity contribution in [1.29, 1.82) is 0 Å². The highest BCUT2D eigenvalue weighted by Gasteiger charge is 2.36. The van der Waals surface area contributed by atoms with Crippen LogP contribution in [0.3, 0.4) is 0 Å². The lowest BCUT2D eigenvalue weighted by atomic mass is 9.82. The number of benzene rings is 1. The van der Waals surface area contributed by atoms with Crippen molar-refractivity contribution in [2.24, 2.45) is 11.3 Å². The molecule has 1 saturated carbocycles. The Morgan fingerprint density at radius 3 is 2.15 bits per heavy atom. The first-order chi connectivity index (χ1) is 9.30. The standard InChI is InChI=1S/C17H27O2Si/c1-17(2,3)16(19-20(4)5)14-9-7-6-8-13(14)15(18)12-10-11-12/h6-9,12,15-16,18H,10-11H2,1-5H3/t15-,16?/m1/s1. The van der Waals surface area contributed by atoms with Crippen molar-refractivity contribution < 1.29 is 9.53 Å². The summed E-state index contributed by atoms with van der Waals surface area (Å²) >= 11 is 0. The van der Waals surface area contributed by atoms with Crippen LogP contribution in [0.2, 0.25) is 13.1 Å². The molecule has 1 aliphatic rings. The molecule has 3 heteroatoms. The van der Waals surface area contributed by atoms with Gasteiger partial charge in [-0.25, -0.2) is 0 Å². The second-order valence-electron chi connectivity index (χ2n) is 7.18. The van der Waals surface area contributed by atoms with Gasteiger partial charge in [-0.1, -0.05) is 45.0 Å². The minimum absolute atomic E-state index is 0.0291. The summed E-state index contributed by atoms with van der Waals surface area (Å²) in [6.07, 6.45) is 2.01. The van der Waals surface area contributed by atoms with E-state index in [2.05, 4.69) is 52.1 Å². The minimum atomic E-state index is -0.791. The fourth-order valence-corrected chi connectivity index (χ4v) is 3.58. The topological polar surface area (TPSA) is 29.5 Å². The summed E-state index contributed by atoms with van der Waals surface area (Å²) in [6, 6.07) is 8.27. The van der Waals surface area contributed by atoms with E-state index in [0.29, 0.717) is 5.92 Å². The van der Waals surface area contributed by atoms with Gasteiger partial charge in [0.15, 0.2) is 0 Å². The molecule has 1 unspecified atom stereocenters. The van der Waals surface area contributed by atoms with Crippen LogP contribution in [-0.2, 0) is 4.43 Å². The minimum Gasteiger partial charge on any atom is -0.410 e. The molecule has 1 N–H and O–H groups in total. The quantitative estimate of drug-likeness (QED) is 0.810. The van der Waals surface area contributed by atoms with Crippen LogP contribution >= 0.6 is 0 Å². The molecule has 1 aromatic rings. The summed E-state index contributed by atoms with van der Waals surface area (Å²) in [5.74, 6) is 0.449. The summed E-state index contributed by atoms with van der Waals surface area (Å²) in [6.45, 7) is 11.0. The second kappa shape index (κ2) is 6.00. The van der Waals surface area contributed by atoms with Crippen LogP contribution in [0.5, 0.6) is 0 Å². The van der Waals surface area contributed by atoms with E-state index in [1.54, 1.807) is 0 Å². The number of hydrogen-bond donors (Lipinski definition) is 1. The monoisotopic (exact) mass is 291 g/mol. The van der Waals surface area contributed by atoms with Crippen molar-refractivity contribution in [2.75, 3.05) is 0 Å². The Morgan fingerprint density at radius 2 is 1.70 bits per heavy atom. The Kier molecular flexibility index (Phi) is 4.72. The molecule has 20 heavy (non-hydrogen) atoms. The highest BCUT2D eigenvalue weighted by atomic mass is 28.3. The molecule has 0 bridgehead atoms. The van der Waals surface area contributed by atoms with E-state index in [1.165, 1.54) is 5.56 Å². The summed E-state index contributed by atoms with van der Waals surface area (Å²) in [7, 11) is -0.791. The van der Waals surface area contributed by atoms with Crippen LogP contribution in [-0.4, -0.2) is 14.1 Å². The highest BCUT2D eigenvalue weighted by molar-refractivity contribution is 6.48. The molecule has 0 amide bonds. The predicted molar refractivity (Wildman–Crippen MR) is 84.9 cm³/mol. The summed E-state index contributed by atoms with van der Waals surface area (Å²) < 4.78 is 6.28. The van der Waals surface area contributed by atoms with Crippen LogP contribution in [0.1, 0.15) is 56.9 Å². The fourth-order valence-electron chi connectivity index (χ4n) is 2.63. The van der Waals surface area contributed by atoms with Gasteiger partial charge >= 0.3 is 0 Å². The molecular formula is C17H27O2Si. The van der Waals surface area contributed by atoms with Crippen molar-refractivity contribution >= 4 is 9.04 Å². The first-order valence-corrected chi connectivity index (χ1v) is 9.95. The second-order valence-corrected chi connectivity index (χ2v) is 9.24. The van der Waals surface area contributed by atoms with Gasteiger partial charge in [-0.05, 0) is 48.4 Å². The van der Waals surface area contributed by atoms with Gasteiger partial charge in [-0.2, -0.15) is 0 Å². The Labute approximate surface area is 124 Å². The van der Waals surface area contributed by atoms with Gasteiger partial charge in [0.25, 0.3) is 0 Å². The van der Waals surface area contributed by atoms with Crippen molar-refractivity contribution in [1.82, 2.24) is 0 Å². The lowest BCUT2D eigenvalue weighted by Gasteiger charge is -2.34. The van der Waals surface area contributed by atoms with Gasteiger partial charge in [-0.15, -0.1) is 0 Å². The first kappa shape index (κ1) is 15.7. The van der Waals surface area contributed by atoms with Gasteiger partial charge in [-0.3, -0.25) is 0 Å². The van der Waals surface area contributed by atoms with Crippen LogP contribution < -0.4 is 0 Å². The average Bonchev–Trinajstić information content (AvgIpc) is 3.18. The summed E-state index contributed by atoms with van der Waals surface area (Å²) in [5, 5.41) is 10.5. The van der Waals surface area contributed by atoms with Gasteiger partial charge in [0.2, 0.25) is 9.04 Å². The molecule has 2 atom stereocenters. The van der Waals surface area contributed by atoms with Gasteiger partial charge in [0.1, 0.15) is 0 Å². The molecule has 1 radical (unpaired) electrons. The molecule has 1 aromatic carbocycles. The maximum Gasteiger partial charge on any atom is 0.205 e. The molecule has 1 fully saturated rings. The summed E-state index contributed by atoms with van der Waals surface area (Å²) in [4.78, 5) is 0. The lowest BCUT2D eigenvalue weighted by molar-refractivity contribution is 0.0800. The lowest BCUT2D eigenvalue weighted by Crippen LogP contribution is -2.27. The molecule has 111 valence electrons. The smallest absolute Gasteiger partial charge is 0.205 e. The largest absolute Gasteiger partial charge is 0.410 e. The number of aliphatic hydroxyl groups is 1. The molecule has 2 rings (SSSR count). The molecule has 0 aromatic heterocycles. The molecule has 2 nitrogen and oxygen atoms in total. The first-order valence-electron chi connectivity index (χ1n) is 7.54. The third-order valence-corrected chi connectivity index (χ3v) is 4.51. The molecular weight excluding hydrogens is 264 g/mol. The fraction of sp³-hybridized carbons (Fsp3) is 0.647. The molecule has 0 saturated heterocycles. The highest BCUT2D eigenvalue weighted by Crippen LogP contribution is 2.45. The Balaban J connectivity index is 2.37. The van der Waals surface area contributed by atoms with Crippen LogP contribution in [0.15, 0.2) is 24.3 Å². The van der Waals surface area contributed by atoms with E-state index < -0.39 is 9.04 Å². The van der Waals surface area contributed by atoms with Gasteiger partial charge < -0.3 is 9.53 Å². The number of hydrogen-bond acceptors (Lipinski definition) is 2. The van der Waals surface area contributed by atoms with Crippen molar-refractivity contribution in [3.05, 3.63) is 35.4 Å². The Morgan fingerprint density at radius 1 is 1.15 bits per heavy atom. The Hall–Kier alpha value is -0.643. The number of rotatable bonds is 5. The molecule has 1 aliphatic carbocycles. The maximum atomic E-state index is 10.5. The van der Waals surface area contributed by atoms with Crippen LogP contribution in [0, 0.1) is 11.3 Å². The predicted octanol–water partition coefficient (Wildman–Crippen LogP) is 4.48. The van der Waals surface area contributed by atoms with E-state index in [4.69, 9.17) is 4.43 Å². The maximum absolute atomic E-state index is 10.5. The number of aliphatic hydroxyl groups excluding tert-OH is 1. The van der Waals surface area contributed by atoms with E-state index in [1.807, 2.05) is 6.07 Å². The normalized spacial score (nSPS) is 19.1. The van der Waals surface area contributed by atoms with Crippen molar-refractivity contribution in [3.63, 3.8) is 0 Å². The zero-order valence-electron chi connectivity index (χ0n) is 13.3. The zero-order chi connectivity index (χ0) is 14.9. The van der Waals surface area contributed by atoms with Crippen molar-refractivity contribution in [2.45, 2.75) is 58.9 Å². The van der Waals surface area contributed by atoms with Gasteiger partial charge in [0, 0.05) is 0 Å². The SMILES string of the molecule is C[Si](C)OC(c1ccccc1[C@H](O)C1CC1)C(C)(C)C. The van der Waals surface area contributed by atoms with E-state index >= 15 is 0 Å². The van der Waals surface area contributed by atoms with Gasteiger partial charge in [0.05, 0.1) is 12.2 Å². The third kappa shape index (κ3) is 3.71. The van der Waals surface area contributed by atoms with E-state index in [9.17, 15) is 5.11 Å². The molecule has 0 spiro atoms. The van der Waals surface area contributed by atoms with Crippen molar-refractivity contribution in [3.8, 4) is 0 Å². The molecule has 0 heterocycles. The van der Waals surface area contributed by atoms with Crippen LogP contribution in [0.25, 0.3) is 0 Å². The van der Waals surface area contributed by atoms with E-state index in [-0.39, 0.29) is 17.6 Å². The average molecular weight is 291 g/mol.